The summed E-state index contributed by atoms with van der Waals surface area (Å²) in [7, 11) is 0. The average molecular weight is 110 g/mol. The molecule has 0 bridgehead atoms. The van der Waals surface area contributed by atoms with Gasteiger partial charge in [-0.3, -0.25) is 4.79 Å². The zero-order valence-corrected chi connectivity index (χ0v) is 4.03. The Hall–Kier alpha value is -1.25. The molecule has 1 N–H and O–H groups in total. The summed E-state index contributed by atoms with van der Waals surface area (Å²) in [6.45, 7) is 0. The van der Waals surface area contributed by atoms with Gasteiger partial charge in [-0.2, -0.15) is 4.73 Å². The van der Waals surface area contributed by atoms with Crippen LogP contribution in [0.4, 0.5) is 0 Å². The van der Waals surface area contributed by atoms with Gasteiger partial charge in [0, 0.05) is 6.20 Å². The fourth-order valence-corrected chi connectivity index (χ4v) is 0.453. The highest BCUT2D eigenvalue weighted by Crippen LogP contribution is 1.92. The largest absolute Gasteiger partial charge is 0.428 e. The van der Waals surface area contributed by atoms with E-state index in [0.29, 0.717) is 4.73 Å². The van der Waals surface area contributed by atoms with Gasteiger partial charge in [0.05, 0.1) is 0 Å². The lowest BCUT2D eigenvalue weighted by atomic mass is 10.5. The number of hydrogen-bond donors (Lipinski definition) is 1. The van der Waals surface area contributed by atoms with E-state index in [4.69, 9.17) is 5.21 Å². The van der Waals surface area contributed by atoms with Crippen LogP contribution in [0.2, 0.25) is 0 Å². The van der Waals surface area contributed by atoms with Crippen LogP contribution in [0.5, 0.6) is 0 Å². The summed E-state index contributed by atoms with van der Waals surface area (Å²) in [5, 5.41) is 8.60. The SMILES string of the molecule is O=[C]c1cccn1O. The minimum absolute atomic E-state index is 0.144. The minimum atomic E-state index is 0.144. The van der Waals surface area contributed by atoms with Crippen LogP contribution in [0.1, 0.15) is 5.69 Å². The van der Waals surface area contributed by atoms with Gasteiger partial charge >= 0.3 is 0 Å². The van der Waals surface area contributed by atoms with Gasteiger partial charge in [0.15, 0.2) is 0 Å². The molecule has 1 radical (unpaired) electrons. The topological polar surface area (TPSA) is 42.2 Å². The molecule has 1 aromatic heterocycles. The third kappa shape index (κ3) is 0.578. The van der Waals surface area contributed by atoms with E-state index in [-0.39, 0.29) is 5.69 Å². The highest BCUT2D eigenvalue weighted by molar-refractivity contribution is 5.72. The van der Waals surface area contributed by atoms with Crippen LogP contribution < -0.4 is 0 Å². The van der Waals surface area contributed by atoms with Crippen molar-refractivity contribution in [3.05, 3.63) is 24.0 Å². The van der Waals surface area contributed by atoms with Crippen LogP contribution in [0.3, 0.4) is 0 Å². The number of hydrogen-bond acceptors (Lipinski definition) is 2. The summed E-state index contributed by atoms with van der Waals surface area (Å²) in [4.78, 5) is 9.78. The molecule has 0 saturated heterocycles. The zero-order chi connectivity index (χ0) is 5.98. The smallest absolute Gasteiger partial charge is 0.254 e. The van der Waals surface area contributed by atoms with Crippen molar-refractivity contribution in [2.45, 2.75) is 0 Å². The van der Waals surface area contributed by atoms with Crippen LogP contribution in [0.25, 0.3) is 0 Å². The van der Waals surface area contributed by atoms with Crippen LogP contribution >= 0.6 is 0 Å². The summed E-state index contributed by atoms with van der Waals surface area (Å²) >= 11 is 0. The predicted molar refractivity (Wildman–Crippen MR) is 26.4 cm³/mol. The molecule has 0 spiro atoms. The zero-order valence-electron chi connectivity index (χ0n) is 4.03. The van der Waals surface area contributed by atoms with Crippen LogP contribution in [0, 0.1) is 0 Å². The Morgan fingerprint density at radius 1 is 1.75 bits per heavy atom. The van der Waals surface area contributed by atoms with Crippen molar-refractivity contribution in [1.29, 1.82) is 0 Å². The molecule has 1 heterocycles. The Balaban J connectivity index is 3.09. The normalized spacial score (nSPS) is 9.00. The molecular weight excluding hydrogens is 106 g/mol. The Morgan fingerprint density at radius 2 is 2.50 bits per heavy atom. The third-order valence-electron chi connectivity index (χ3n) is 0.833. The molecule has 1 aromatic rings. The molecule has 0 unspecified atom stereocenters. The van der Waals surface area contributed by atoms with Crippen molar-refractivity contribution in [2.24, 2.45) is 0 Å². The maximum absolute atomic E-state index is 9.78. The predicted octanol–water partition coefficient (Wildman–Crippen LogP) is 0.183. The van der Waals surface area contributed by atoms with E-state index in [2.05, 4.69) is 0 Å². The molecule has 0 amide bonds. The van der Waals surface area contributed by atoms with Gasteiger partial charge in [0.25, 0.3) is 6.29 Å². The second-order valence-corrected chi connectivity index (χ2v) is 1.34. The van der Waals surface area contributed by atoms with Crippen LogP contribution in [-0.2, 0) is 4.79 Å². The fraction of sp³-hybridized carbons (Fsp3) is 0. The second kappa shape index (κ2) is 1.69. The molecule has 0 fully saturated rings. The third-order valence-corrected chi connectivity index (χ3v) is 0.833. The first-order valence-corrected chi connectivity index (χ1v) is 2.09. The Labute approximate surface area is 46.1 Å². The van der Waals surface area contributed by atoms with E-state index in [9.17, 15) is 4.79 Å². The van der Waals surface area contributed by atoms with Gasteiger partial charge in [-0.15, -0.1) is 0 Å². The van der Waals surface area contributed by atoms with Crippen LogP contribution in [-0.4, -0.2) is 16.2 Å². The molecule has 0 aliphatic carbocycles. The minimum Gasteiger partial charge on any atom is -0.428 e. The summed E-state index contributed by atoms with van der Waals surface area (Å²) in [6, 6.07) is 3.02. The monoisotopic (exact) mass is 110 g/mol. The molecule has 3 heteroatoms. The van der Waals surface area contributed by atoms with E-state index in [1.54, 1.807) is 6.07 Å². The molecule has 1 rings (SSSR count). The second-order valence-electron chi connectivity index (χ2n) is 1.34. The lowest BCUT2D eigenvalue weighted by Gasteiger charge is -1.86. The number of nitrogens with zero attached hydrogens (tertiary/aromatic N) is 1. The molecule has 41 valence electrons. The van der Waals surface area contributed by atoms with Gasteiger partial charge in [-0.05, 0) is 12.1 Å². The molecule has 0 aliphatic rings. The fourth-order valence-electron chi connectivity index (χ4n) is 0.453. The molecule has 8 heavy (non-hydrogen) atoms. The van der Waals surface area contributed by atoms with E-state index in [1.165, 1.54) is 18.5 Å². The summed E-state index contributed by atoms with van der Waals surface area (Å²) in [6.07, 6.45) is 2.90. The standard InChI is InChI=1S/C5H4NO2/c7-4-5-2-1-3-6(5)8/h1-3,8H. The summed E-state index contributed by atoms with van der Waals surface area (Å²) in [5.41, 5.74) is 0.144. The maximum Gasteiger partial charge on any atom is 0.254 e. The van der Waals surface area contributed by atoms with Crippen molar-refractivity contribution in [1.82, 2.24) is 4.73 Å². The molecule has 0 aromatic carbocycles. The van der Waals surface area contributed by atoms with Gasteiger partial charge in [-0.1, -0.05) is 0 Å². The molecular formula is C5H4NO2. The molecule has 3 nitrogen and oxygen atoms in total. The highest BCUT2D eigenvalue weighted by atomic mass is 16.5. The van der Waals surface area contributed by atoms with Crippen LogP contribution in [0.15, 0.2) is 18.3 Å². The van der Waals surface area contributed by atoms with E-state index in [0.717, 1.165) is 0 Å². The molecule has 0 saturated carbocycles. The summed E-state index contributed by atoms with van der Waals surface area (Å²) in [5.74, 6) is 0. The van der Waals surface area contributed by atoms with E-state index >= 15 is 0 Å². The first-order chi connectivity index (χ1) is 3.84. The summed E-state index contributed by atoms with van der Waals surface area (Å²) < 4.78 is 0.715. The molecule has 0 aliphatic heterocycles. The lowest BCUT2D eigenvalue weighted by molar-refractivity contribution is 0.185. The Kier molecular flexibility index (Phi) is 1.04. The van der Waals surface area contributed by atoms with Crippen molar-refractivity contribution in [3.8, 4) is 0 Å². The lowest BCUT2D eigenvalue weighted by Crippen LogP contribution is -1.92. The number of aromatic nitrogens is 1. The average Bonchev–Trinajstić information content (AvgIpc) is 2.14. The first kappa shape index (κ1) is 4.90. The molecule has 0 atom stereocenters. The van der Waals surface area contributed by atoms with Crippen molar-refractivity contribution < 1.29 is 10.0 Å². The Bertz CT molecular complexity index is 192. The number of carbonyl (C=O) groups excluding carboxylic acids is 1. The van der Waals surface area contributed by atoms with Gasteiger partial charge in [0.2, 0.25) is 0 Å². The number of rotatable bonds is 1. The van der Waals surface area contributed by atoms with E-state index < -0.39 is 0 Å². The van der Waals surface area contributed by atoms with Crippen molar-refractivity contribution in [2.75, 3.05) is 0 Å². The first-order valence-electron chi connectivity index (χ1n) is 2.09. The van der Waals surface area contributed by atoms with Gasteiger partial charge < -0.3 is 5.21 Å². The van der Waals surface area contributed by atoms with E-state index in [1.807, 2.05) is 0 Å². The maximum atomic E-state index is 9.78. The quantitative estimate of drug-likeness (QED) is 0.524. The van der Waals surface area contributed by atoms with Gasteiger partial charge in [0.1, 0.15) is 5.69 Å². The van der Waals surface area contributed by atoms with Crippen molar-refractivity contribution in [3.63, 3.8) is 0 Å². The highest BCUT2D eigenvalue weighted by Gasteiger charge is 1.93. The Morgan fingerprint density at radius 3 is 2.75 bits per heavy atom. The van der Waals surface area contributed by atoms with Crippen molar-refractivity contribution >= 4 is 6.29 Å². The van der Waals surface area contributed by atoms with Gasteiger partial charge in [-0.25, -0.2) is 0 Å².